The molecule has 94 valence electrons. The standard InChI is InChI=1S/C14H14ClNO2/c1-3-6-18-14(17)12-11(15)5-4-10-7-9(2)8-16-13(10)12/h4-5,7-8H,3,6H2,1-2H3. The Morgan fingerprint density at radius 3 is 2.94 bits per heavy atom. The minimum atomic E-state index is -0.413. The van der Waals surface area contributed by atoms with Gasteiger partial charge in [0.1, 0.15) is 5.56 Å². The van der Waals surface area contributed by atoms with E-state index in [1.54, 1.807) is 12.3 Å². The number of esters is 1. The molecule has 0 unspecified atom stereocenters. The van der Waals surface area contributed by atoms with Crippen LogP contribution in [0.1, 0.15) is 29.3 Å². The fraction of sp³-hybridized carbons (Fsp3) is 0.286. The molecule has 18 heavy (non-hydrogen) atoms. The van der Waals surface area contributed by atoms with Gasteiger partial charge in [-0.3, -0.25) is 4.98 Å². The summed E-state index contributed by atoms with van der Waals surface area (Å²) in [7, 11) is 0. The number of hydrogen-bond donors (Lipinski definition) is 0. The second-order valence-electron chi connectivity index (χ2n) is 4.14. The van der Waals surface area contributed by atoms with E-state index in [-0.39, 0.29) is 0 Å². The summed E-state index contributed by atoms with van der Waals surface area (Å²) in [4.78, 5) is 16.3. The molecule has 0 atom stereocenters. The van der Waals surface area contributed by atoms with E-state index in [1.165, 1.54) is 0 Å². The zero-order valence-corrected chi connectivity index (χ0v) is 11.1. The Morgan fingerprint density at radius 1 is 1.44 bits per heavy atom. The molecule has 1 aromatic carbocycles. The molecule has 1 aromatic heterocycles. The van der Waals surface area contributed by atoms with Gasteiger partial charge in [-0.1, -0.05) is 24.6 Å². The molecule has 2 aromatic rings. The van der Waals surface area contributed by atoms with Crippen LogP contribution in [0.5, 0.6) is 0 Å². The Bertz CT molecular complexity index is 596. The topological polar surface area (TPSA) is 39.2 Å². The Kier molecular flexibility index (Phi) is 3.82. The fourth-order valence-corrected chi connectivity index (χ4v) is 1.98. The van der Waals surface area contributed by atoms with Gasteiger partial charge in [-0.05, 0) is 31.0 Å². The number of carbonyl (C=O) groups excluding carboxylic acids is 1. The number of carbonyl (C=O) groups is 1. The number of benzene rings is 1. The Labute approximate surface area is 111 Å². The van der Waals surface area contributed by atoms with Crippen LogP contribution in [0.25, 0.3) is 10.9 Å². The zero-order valence-electron chi connectivity index (χ0n) is 10.4. The van der Waals surface area contributed by atoms with Crippen molar-refractivity contribution in [3.63, 3.8) is 0 Å². The van der Waals surface area contributed by atoms with Crippen molar-refractivity contribution in [3.8, 4) is 0 Å². The molecule has 0 spiro atoms. The van der Waals surface area contributed by atoms with Crippen molar-refractivity contribution in [2.45, 2.75) is 20.3 Å². The molecule has 0 bridgehead atoms. The molecule has 0 amide bonds. The first-order valence-electron chi connectivity index (χ1n) is 5.85. The van der Waals surface area contributed by atoms with Crippen LogP contribution < -0.4 is 0 Å². The highest BCUT2D eigenvalue weighted by atomic mass is 35.5. The van der Waals surface area contributed by atoms with Gasteiger partial charge in [0, 0.05) is 11.6 Å². The summed E-state index contributed by atoms with van der Waals surface area (Å²) in [6, 6.07) is 5.52. The smallest absolute Gasteiger partial charge is 0.341 e. The van der Waals surface area contributed by atoms with Gasteiger partial charge in [0.2, 0.25) is 0 Å². The van der Waals surface area contributed by atoms with Crippen LogP contribution in [0.2, 0.25) is 5.02 Å². The monoisotopic (exact) mass is 263 g/mol. The average molecular weight is 264 g/mol. The molecule has 0 N–H and O–H groups in total. The normalized spacial score (nSPS) is 10.6. The molecule has 0 aliphatic rings. The third-order valence-electron chi connectivity index (χ3n) is 2.58. The minimum absolute atomic E-state index is 0.350. The number of aromatic nitrogens is 1. The van der Waals surface area contributed by atoms with E-state index in [0.717, 1.165) is 17.4 Å². The SMILES string of the molecule is CCCOC(=O)c1c(Cl)ccc2cc(C)cnc12. The van der Waals surface area contributed by atoms with Crippen molar-refractivity contribution < 1.29 is 9.53 Å². The van der Waals surface area contributed by atoms with Gasteiger partial charge >= 0.3 is 5.97 Å². The summed E-state index contributed by atoms with van der Waals surface area (Å²) in [5, 5.41) is 1.27. The number of rotatable bonds is 3. The molecular formula is C14H14ClNO2. The summed E-state index contributed by atoms with van der Waals surface area (Å²) in [6.45, 7) is 4.28. The number of ether oxygens (including phenoxy) is 1. The van der Waals surface area contributed by atoms with Gasteiger partial charge in [0.25, 0.3) is 0 Å². The van der Waals surface area contributed by atoms with E-state index in [0.29, 0.717) is 22.7 Å². The third kappa shape index (κ3) is 2.46. The van der Waals surface area contributed by atoms with E-state index in [4.69, 9.17) is 16.3 Å². The molecule has 3 nitrogen and oxygen atoms in total. The first-order chi connectivity index (χ1) is 8.63. The maximum absolute atomic E-state index is 12.0. The molecule has 0 radical (unpaired) electrons. The maximum atomic E-state index is 12.0. The number of nitrogens with zero attached hydrogens (tertiary/aromatic N) is 1. The fourth-order valence-electron chi connectivity index (χ4n) is 1.75. The lowest BCUT2D eigenvalue weighted by atomic mass is 10.1. The van der Waals surface area contributed by atoms with E-state index < -0.39 is 5.97 Å². The quantitative estimate of drug-likeness (QED) is 0.792. The maximum Gasteiger partial charge on any atom is 0.341 e. The number of fused-ring (bicyclic) bond motifs is 1. The second kappa shape index (κ2) is 5.36. The number of aryl methyl sites for hydroxylation is 1. The van der Waals surface area contributed by atoms with Crippen LogP contribution in [0.3, 0.4) is 0 Å². The predicted molar refractivity (Wildman–Crippen MR) is 72.1 cm³/mol. The molecule has 1 heterocycles. The molecule has 0 aliphatic carbocycles. The zero-order chi connectivity index (χ0) is 13.1. The first kappa shape index (κ1) is 12.8. The molecule has 0 saturated carbocycles. The lowest BCUT2D eigenvalue weighted by molar-refractivity contribution is 0.0507. The van der Waals surface area contributed by atoms with Crippen LogP contribution in [0.4, 0.5) is 0 Å². The van der Waals surface area contributed by atoms with Crippen molar-refractivity contribution in [2.24, 2.45) is 0 Å². The Hall–Kier alpha value is -1.61. The van der Waals surface area contributed by atoms with Gasteiger partial charge < -0.3 is 4.74 Å². The van der Waals surface area contributed by atoms with Crippen LogP contribution in [-0.2, 0) is 4.74 Å². The molecule has 4 heteroatoms. The largest absolute Gasteiger partial charge is 0.462 e. The molecule has 0 saturated heterocycles. The summed E-state index contributed by atoms with van der Waals surface area (Å²) >= 11 is 6.08. The third-order valence-corrected chi connectivity index (χ3v) is 2.90. The number of hydrogen-bond acceptors (Lipinski definition) is 3. The molecular weight excluding hydrogens is 250 g/mol. The van der Waals surface area contributed by atoms with Gasteiger partial charge in [-0.15, -0.1) is 0 Å². The molecule has 0 fully saturated rings. The molecule has 2 rings (SSSR count). The van der Waals surface area contributed by atoms with Gasteiger partial charge in [-0.25, -0.2) is 4.79 Å². The number of halogens is 1. The first-order valence-corrected chi connectivity index (χ1v) is 6.23. The van der Waals surface area contributed by atoms with Crippen LogP contribution in [0.15, 0.2) is 24.4 Å². The van der Waals surface area contributed by atoms with Crippen molar-refractivity contribution in [2.75, 3.05) is 6.61 Å². The highest BCUT2D eigenvalue weighted by Crippen LogP contribution is 2.26. The summed E-state index contributed by atoms with van der Waals surface area (Å²) < 4.78 is 5.13. The molecule has 0 aliphatic heterocycles. The summed E-state index contributed by atoms with van der Waals surface area (Å²) in [5.41, 5.74) is 1.98. The minimum Gasteiger partial charge on any atom is -0.462 e. The van der Waals surface area contributed by atoms with Crippen molar-refractivity contribution in [1.82, 2.24) is 4.98 Å². The van der Waals surface area contributed by atoms with Crippen molar-refractivity contribution >= 4 is 28.5 Å². The highest BCUT2D eigenvalue weighted by Gasteiger charge is 2.16. The Balaban J connectivity index is 2.54. The highest BCUT2D eigenvalue weighted by molar-refractivity contribution is 6.35. The Morgan fingerprint density at radius 2 is 2.22 bits per heavy atom. The van der Waals surface area contributed by atoms with E-state index in [1.807, 2.05) is 26.0 Å². The summed E-state index contributed by atoms with van der Waals surface area (Å²) in [5.74, 6) is -0.413. The number of pyridine rings is 1. The van der Waals surface area contributed by atoms with Crippen molar-refractivity contribution in [3.05, 3.63) is 40.5 Å². The van der Waals surface area contributed by atoms with Crippen LogP contribution in [-0.4, -0.2) is 17.6 Å². The predicted octanol–water partition coefficient (Wildman–Crippen LogP) is 3.76. The lowest BCUT2D eigenvalue weighted by Crippen LogP contribution is -2.08. The van der Waals surface area contributed by atoms with E-state index >= 15 is 0 Å². The van der Waals surface area contributed by atoms with Crippen LogP contribution in [0, 0.1) is 6.92 Å². The van der Waals surface area contributed by atoms with Crippen LogP contribution >= 0.6 is 11.6 Å². The van der Waals surface area contributed by atoms with Gasteiger partial charge in [0.05, 0.1) is 17.1 Å². The second-order valence-corrected chi connectivity index (χ2v) is 4.55. The summed E-state index contributed by atoms with van der Waals surface area (Å²) in [6.07, 6.45) is 2.50. The van der Waals surface area contributed by atoms with Gasteiger partial charge in [-0.2, -0.15) is 0 Å². The lowest BCUT2D eigenvalue weighted by Gasteiger charge is -2.08. The van der Waals surface area contributed by atoms with E-state index in [2.05, 4.69) is 4.98 Å². The average Bonchev–Trinajstić information content (AvgIpc) is 2.36. The van der Waals surface area contributed by atoms with E-state index in [9.17, 15) is 4.79 Å². The van der Waals surface area contributed by atoms with Crippen molar-refractivity contribution in [1.29, 1.82) is 0 Å². The van der Waals surface area contributed by atoms with Gasteiger partial charge in [0.15, 0.2) is 0 Å².